The summed E-state index contributed by atoms with van der Waals surface area (Å²) < 4.78 is 38.6. The minimum Gasteiger partial charge on any atom is -0.405 e. The van der Waals surface area contributed by atoms with Crippen LogP contribution in [-0.2, 0) is 28.1 Å². The van der Waals surface area contributed by atoms with Crippen molar-refractivity contribution in [3.05, 3.63) is 60.7 Å². The van der Waals surface area contributed by atoms with Crippen molar-refractivity contribution in [2.45, 2.75) is 95.8 Å². The molecule has 3 heterocycles. The Hall–Kier alpha value is -1.58. The number of benzene rings is 2. The van der Waals surface area contributed by atoms with Crippen molar-refractivity contribution in [3.63, 3.8) is 0 Å². The Morgan fingerprint density at radius 3 is 1.74 bits per heavy atom. The van der Waals surface area contributed by atoms with Crippen molar-refractivity contribution in [1.29, 1.82) is 0 Å². The van der Waals surface area contributed by atoms with Gasteiger partial charge in [0.25, 0.3) is 8.32 Å². The van der Waals surface area contributed by atoms with Crippen molar-refractivity contribution in [1.82, 2.24) is 0 Å². The molecule has 3 aliphatic rings. The second kappa shape index (κ2) is 8.77. The molecule has 2 aromatic rings. The van der Waals surface area contributed by atoms with Crippen molar-refractivity contribution in [2.24, 2.45) is 0 Å². The Kier molecular flexibility index (Phi) is 6.28. The molecule has 190 valence electrons. The van der Waals surface area contributed by atoms with Crippen LogP contribution in [0.25, 0.3) is 0 Å². The first-order valence-electron chi connectivity index (χ1n) is 12.5. The second-order valence-corrected chi connectivity index (χ2v) is 16.0. The second-order valence-electron chi connectivity index (χ2n) is 11.7. The molecule has 0 radical (unpaired) electrons. The van der Waals surface area contributed by atoms with Crippen LogP contribution in [-0.4, -0.2) is 57.2 Å². The Morgan fingerprint density at radius 1 is 0.714 bits per heavy atom. The normalized spacial score (nSPS) is 31.7. The predicted molar refractivity (Wildman–Crippen MR) is 136 cm³/mol. The van der Waals surface area contributed by atoms with Gasteiger partial charge in [0.1, 0.15) is 24.4 Å². The van der Waals surface area contributed by atoms with Gasteiger partial charge in [-0.25, -0.2) is 0 Å². The van der Waals surface area contributed by atoms with Crippen LogP contribution in [0.5, 0.6) is 0 Å². The maximum absolute atomic E-state index is 7.16. The number of hydrogen-bond acceptors (Lipinski definition) is 6. The van der Waals surface area contributed by atoms with E-state index in [0.717, 1.165) is 0 Å². The van der Waals surface area contributed by atoms with E-state index >= 15 is 0 Å². The highest BCUT2D eigenvalue weighted by atomic mass is 28.4. The highest BCUT2D eigenvalue weighted by Crippen LogP contribution is 2.45. The monoisotopic (exact) mass is 498 g/mol. The highest BCUT2D eigenvalue weighted by molar-refractivity contribution is 6.99. The molecule has 5 atom stereocenters. The summed E-state index contributed by atoms with van der Waals surface area (Å²) in [5.41, 5.74) is 0. The van der Waals surface area contributed by atoms with E-state index in [0.29, 0.717) is 6.61 Å². The average Bonchev–Trinajstić information content (AvgIpc) is 3.28. The Balaban J connectivity index is 1.50. The third-order valence-electron chi connectivity index (χ3n) is 7.13. The van der Waals surface area contributed by atoms with Gasteiger partial charge in [0.15, 0.2) is 17.9 Å². The minimum atomic E-state index is -2.72. The number of rotatable bonds is 5. The van der Waals surface area contributed by atoms with Gasteiger partial charge in [-0.05, 0) is 43.1 Å². The fraction of sp³-hybridized carbons (Fsp3) is 0.571. The molecule has 2 aromatic carbocycles. The third kappa shape index (κ3) is 4.52. The average molecular weight is 499 g/mol. The summed E-state index contributed by atoms with van der Waals surface area (Å²) in [5, 5.41) is 2.33. The summed E-state index contributed by atoms with van der Waals surface area (Å²) in [6, 6.07) is 21.2. The van der Waals surface area contributed by atoms with Gasteiger partial charge in [-0.2, -0.15) is 0 Å². The third-order valence-corrected chi connectivity index (χ3v) is 12.1. The van der Waals surface area contributed by atoms with Gasteiger partial charge in [0, 0.05) is 0 Å². The van der Waals surface area contributed by atoms with Crippen LogP contribution in [0.1, 0.15) is 48.5 Å². The number of hydrogen-bond donors (Lipinski definition) is 0. The summed E-state index contributed by atoms with van der Waals surface area (Å²) in [5.74, 6) is -1.48. The van der Waals surface area contributed by atoms with Crippen LogP contribution < -0.4 is 10.4 Å². The topological polar surface area (TPSA) is 55.4 Å². The van der Waals surface area contributed by atoms with E-state index in [1.54, 1.807) is 0 Å². The molecule has 35 heavy (non-hydrogen) atoms. The lowest BCUT2D eigenvalue weighted by Crippen LogP contribution is -2.68. The molecule has 0 aliphatic carbocycles. The van der Waals surface area contributed by atoms with Crippen molar-refractivity contribution < 1.29 is 28.1 Å². The molecule has 0 unspecified atom stereocenters. The zero-order valence-corrected chi connectivity index (χ0v) is 22.8. The first kappa shape index (κ1) is 25.1. The number of fused-ring (bicyclic) bond motifs is 3. The Labute approximate surface area is 209 Å². The molecule has 3 fully saturated rings. The molecule has 3 saturated heterocycles. The molecule has 3 aliphatic heterocycles. The smallest absolute Gasteiger partial charge is 0.261 e. The zero-order chi connectivity index (χ0) is 25.1. The van der Waals surface area contributed by atoms with E-state index in [1.807, 2.05) is 27.7 Å². The van der Waals surface area contributed by atoms with Gasteiger partial charge >= 0.3 is 0 Å². The standard InChI is InChI=1S/C28H38O6Si/c1-26(2,3)35(19-14-10-8-11-15-19,20-16-12-9-13-17-20)29-18-21-22-23(32-27(4,5)31-22)24-25(30-21)34-28(6,7)33-24/h8-17,21-25H,18H2,1-7H3/t21-,22+,23+,24-,25-/m1/s1. The van der Waals surface area contributed by atoms with Crippen LogP contribution in [0.4, 0.5) is 0 Å². The molecule has 0 saturated carbocycles. The van der Waals surface area contributed by atoms with E-state index < -0.39 is 26.2 Å². The van der Waals surface area contributed by atoms with E-state index in [9.17, 15) is 0 Å². The van der Waals surface area contributed by atoms with Crippen molar-refractivity contribution in [3.8, 4) is 0 Å². The molecule has 7 heteroatoms. The van der Waals surface area contributed by atoms with Gasteiger partial charge in [-0.15, -0.1) is 0 Å². The fourth-order valence-electron chi connectivity index (χ4n) is 5.80. The van der Waals surface area contributed by atoms with Crippen LogP contribution in [0.2, 0.25) is 5.04 Å². The Morgan fingerprint density at radius 2 is 1.20 bits per heavy atom. The fourth-order valence-corrected chi connectivity index (χ4v) is 10.4. The van der Waals surface area contributed by atoms with Gasteiger partial charge in [-0.3, -0.25) is 0 Å². The lowest BCUT2D eigenvalue weighted by atomic mass is 9.99. The van der Waals surface area contributed by atoms with Gasteiger partial charge in [0.05, 0.1) is 6.61 Å². The summed E-state index contributed by atoms with van der Waals surface area (Å²) in [6.07, 6.45) is -1.85. The van der Waals surface area contributed by atoms with Gasteiger partial charge in [-0.1, -0.05) is 81.4 Å². The van der Waals surface area contributed by atoms with E-state index in [2.05, 4.69) is 81.4 Å². The van der Waals surface area contributed by atoms with Crippen LogP contribution in [0.3, 0.4) is 0 Å². The molecular weight excluding hydrogens is 460 g/mol. The predicted octanol–water partition coefficient (Wildman–Crippen LogP) is 3.96. The molecular formula is C28H38O6Si. The molecule has 0 aromatic heterocycles. The maximum Gasteiger partial charge on any atom is 0.261 e. The Bertz CT molecular complexity index is 979. The first-order valence-corrected chi connectivity index (χ1v) is 14.4. The SMILES string of the molecule is CC1(C)O[C@H]2[C@@H](O1)[C@@H](CO[Si](c1ccccc1)(c1ccccc1)C(C)(C)C)O[C@@H]1OC(C)(C)O[C@@H]12. The van der Waals surface area contributed by atoms with E-state index in [4.69, 9.17) is 28.1 Å². The first-order chi connectivity index (χ1) is 16.4. The quantitative estimate of drug-likeness (QED) is 0.582. The van der Waals surface area contributed by atoms with Crippen LogP contribution in [0, 0.1) is 0 Å². The number of ether oxygens (including phenoxy) is 5. The van der Waals surface area contributed by atoms with Crippen LogP contribution >= 0.6 is 0 Å². The summed E-state index contributed by atoms with van der Waals surface area (Å²) in [7, 11) is -2.72. The zero-order valence-electron chi connectivity index (χ0n) is 21.8. The molecule has 6 nitrogen and oxygen atoms in total. The molecule has 0 N–H and O–H groups in total. The van der Waals surface area contributed by atoms with E-state index in [-0.39, 0.29) is 29.5 Å². The van der Waals surface area contributed by atoms with Crippen molar-refractivity contribution in [2.75, 3.05) is 6.61 Å². The van der Waals surface area contributed by atoms with Gasteiger partial charge < -0.3 is 28.1 Å². The molecule has 0 spiro atoms. The lowest BCUT2D eigenvalue weighted by Gasteiger charge is -2.45. The molecule has 5 rings (SSSR count). The van der Waals surface area contributed by atoms with Gasteiger partial charge in [0.2, 0.25) is 0 Å². The summed E-state index contributed by atoms with van der Waals surface area (Å²) in [4.78, 5) is 0. The molecule has 0 amide bonds. The summed E-state index contributed by atoms with van der Waals surface area (Å²) in [6.45, 7) is 14.8. The van der Waals surface area contributed by atoms with E-state index in [1.165, 1.54) is 10.4 Å². The molecule has 0 bridgehead atoms. The highest BCUT2D eigenvalue weighted by Gasteiger charge is 2.61. The largest absolute Gasteiger partial charge is 0.405 e. The van der Waals surface area contributed by atoms with Crippen LogP contribution in [0.15, 0.2) is 60.7 Å². The lowest BCUT2D eigenvalue weighted by molar-refractivity contribution is -0.239. The maximum atomic E-state index is 7.16. The van der Waals surface area contributed by atoms with Crippen molar-refractivity contribution >= 4 is 18.7 Å². The minimum absolute atomic E-state index is 0.131. The summed E-state index contributed by atoms with van der Waals surface area (Å²) >= 11 is 0.